The molecule has 0 atom stereocenters. The fourth-order valence-corrected chi connectivity index (χ4v) is 6.35. The maximum Gasteiger partial charge on any atom is 0.189 e. The molecule has 0 spiro atoms. The van der Waals surface area contributed by atoms with Crippen molar-refractivity contribution >= 4 is 49.3 Å². The lowest BCUT2D eigenvalue weighted by atomic mass is 10.0. The Morgan fingerprint density at radius 1 is 0.548 bits per heavy atom. The van der Waals surface area contributed by atoms with Crippen LogP contribution in [0.15, 0.2) is 133 Å². The highest BCUT2D eigenvalue weighted by Gasteiger charge is 2.18. The van der Waals surface area contributed by atoms with Gasteiger partial charge < -0.3 is 9.13 Å². The predicted octanol–water partition coefficient (Wildman–Crippen LogP) is 9.97. The van der Waals surface area contributed by atoms with Crippen molar-refractivity contribution < 1.29 is 0 Å². The van der Waals surface area contributed by atoms with Crippen LogP contribution in [0.3, 0.4) is 0 Å². The summed E-state index contributed by atoms with van der Waals surface area (Å²) in [7, 11) is 0. The summed E-state index contributed by atoms with van der Waals surface area (Å²) in [5.74, 6) is 0. The number of fused-ring (bicyclic) bond motifs is 6. The second kappa shape index (κ2) is 9.24. The molecular formula is C38H22N4. The van der Waals surface area contributed by atoms with Crippen LogP contribution in [-0.4, -0.2) is 9.13 Å². The highest BCUT2D eigenvalue weighted by molar-refractivity contribution is 6.14. The zero-order valence-electron chi connectivity index (χ0n) is 22.5. The molecule has 0 saturated carbocycles. The Bertz CT molecular complexity index is 2440. The molecule has 0 fully saturated rings. The summed E-state index contributed by atoms with van der Waals surface area (Å²) in [5.41, 5.74) is 9.89. The summed E-state index contributed by atoms with van der Waals surface area (Å²) >= 11 is 0. The Morgan fingerprint density at radius 2 is 1.19 bits per heavy atom. The van der Waals surface area contributed by atoms with Gasteiger partial charge >= 0.3 is 0 Å². The first-order valence-electron chi connectivity index (χ1n) is 13.8. The molecule has 0 saturated heterocycles. The van der Waals surface area contributed by atoms with Gasteiger partial charge in [-0.15, -0.1) is 0 Å². The molecule has 4 nitrogen and oxygen atoms in total. The molecule has 0 unspecified atom stereocenters. The standard InChI is InChI=1S/C38H22N4/c1-40-27-10-7-12-29(23-27)42-36-18-5-2-13-31(36)33-16-8-15-30(38(33)42)26-9-6-11-28(22-26)41-35-17-4-3-14-32(35)34-21-25(24-39)19-20-37(34)41/h2-23H. The van der Waals surface area contributed by atoms with Gasteiger partial charge in [0.25, 0.3) is 0 Å². The first-order valence-corrected chi connectivity index (χ1v) is 13.8. The number of para-hydroxylation sites is 3. The van der Waals surface area contributed by atoms with E-state index in [-0.39, 0.29) is 0 Å². The predicted molar refractivity (Wildman–Crippen MR) is 172 cm³/mol. The molecule has 42 heavy (non-hydrogen) atoms. The van der Waals surface area contributed by atoms with Crippen molar-refractivity contribution in [1.82, 2.24) is 9.13 Å². The van der Waals surface area contributed by atoms with Gasteiger partial charge in [-0.25, -0.2) is 4.85 Å². The highest BCUT2D eigenvalue weighted by atomic mass is 15.0. The van der Waals surface area contributed by atoms with Crippen molar-refractivity contribution in [2.24, 2.45) is 0 Å². The number of benzene rings is 6. The second-order valence-corrected chi connectivity index (χ2v) is 10.4. The van der Waals surface area contributed by atoms with Crippen LogP contribution in [0.2, 0.25) is 0 Å². The fourth-order valence-electron chi connectivity index (χ4n) is 6.35. The molecule has 8 rings (SSSR count). The van der Waals surface area contributed by atoms with E-state index in [1.165, 1.54) is 10.8 Å². The van der Waals surface area contributed by atoms with Crippen LogP contribution < -0.4 is 0 Å². The number of hydrogen-bond donors (Lipinski definition) is 0. The number of nitrogens with zero attached hydrogens (tertiary/aromatic N) is 4. The summed E-state index contributed by atoms with van der Waals surface area (Å²) < 4.78 is 4.56. The van der Waals surface area contributed by atoms with E-state index >= 15 is 0 Å². The molecule has 194 valence electrons. The summed E-state index contributed by atoms with van der Waals surface area (Å²) in [5, 5.41) is 14.1. The number of hydrogen-bond acceptors (Lipinski definition) is 1. The Labute approximate surface area is 242 Å². The van der Waals surface area contributed by atoms with E-state index in [0.717, 1.165) is 55.3 Å². The van der Waals surface area contributed by atoms with Crippen molar-refractivity contribution in [3.05, 3.63) is 150 Å². The fraction of sp³-hybridized carbons (Fsp3) is 0. The summed E-state index contributed by atoms with van der Waals surface area (Å²) in [6, 6.07) is 48.0. The second-order valence-electron chi connectivity index (χ2n) is 10.4. The summed E-state index contributed by atoms with van der Waals surface area (Å²) in [6.07, 6.45) is 0. The van der Waals surface area contributed by atoms with Gasteiger partial charge in [0.15, 0.2) is 5.69 Å². The highest BCUT2D eigenvalue weighted by Crippen LogP contribution is 2.40. The van der Waals surface area contributed by atoms with E-state index in [1.54, 1.807) is 0 Å². The van der Waals surface area contributed by atoms with Gasteiger partial charge in [0, 0.05) is 38.5 Å². The quantitative estimate of drug-likeness (QED) is 0.208. The van der Waals surface area contributed by atoms with E-state index in [9.17, 15) is 5.26 Å². The van der Waals surface area contributed by atoms with E-state index in [1.807, 2.05) is 42.5 Å². The average Bonchev–Trinajstić information content (AvgIpc) is 3.57. The molecule has 2 aromatic heterocycles. The molecule has 0 aliphatic carbocycles. The van der Waals surface area contributed by atoms with Gasteiger partial charge in [-0.2, -0.15) is 5.26 Å². The molecule has 6 aromatic carbocycles. The van der Waals surface area contributed by atoms with E-state index < -0.39 is 0 Å². The van der Waals surface area contributed by atoms with Gasteiger partial charge in [-0.05, 0) is 60.2 Å². The van der Waals surface area contributed by atoms with Crippen LogP contribution in [0, 0.1) is 17.9 Å². The normalized spacial score (nSPS) is 11.3. The Morgan fingerprint density at radius 3 is 1.98 bits per heavy atom. The molecule has 0 radical (unpaired) electrons. The Kier molecular flexibility index (Phi) is 5.22. The van der Waals surface area contributed by atoms with Crippen LogP contribution in [0.5, 0.6) is 0 Å². The first kappa shape index (κ1) is 23.8. The molecule has 8 aromatic rings. The molecule has 0 N–H and O–H groups in total. The smallest absolute Gasteiger partial charge is 0.189 e. The van der Waals surface area contributed by atoms with Gasteiger partial charge in [0.2, 0.25) is 0 Å². The van der Waals surface area contributed by atoms with Crippen LogP contribution in [0.4, 0.5) is 5.69 Å². The lowest BCUT2D eigenvalue weighted by Crippen LogP contribution is -1.97. The van der Waals surface area contributed by atoms with Crippen LogP contribution in [0.25, 0.3) is 71.0 Å². The number of aromatic nitrogens is 2. The Hall–Kier alpha value is -6.10. The van der Waals surface area contributed by atoms with Crippen molar-refractivity contribution in [3.8, 4) is 28.6 Å². The molecule has 0 aliphatic heterocycles. The first-order chi connectivity index (χ1) is 20.7. The van der Waals surface area contributed by atoms with Crippen molar-refractivity contribution in [1.29, 1.82) is 5.26 Å². The monoisotopic (exact) mass is 534 g/mol. The van der Waals surface area contributed by atoms with Crippen molar-refractivity contribution in [2.45, 2.75) is 0 Å². The minimum absolute atomic E-state index is 0.615. The van der Waals surface area contributed by atoms with Crippen LogP contribution in [0.1, 0.15) is 5.56 Å². The lowest BCUT2D eigenvalue weighted by Gasteiger charge is -2.14. The summed E-state index contributed by atoms with van der Waals surface area (Å²) in [6.45, 7) is 7.60. The molecule has 0 amide bonds. The number of rotatable bonds is 3. The summed E-state index contributed by atoms with van der Waals surface area (Å²) in [4.78, 5) is 3.70. The SMILES string of the molecule is [C-]#[N+]c1cccc(-n2c3ccccc3c3cccc(-c4cccc(-n5c6ccccc6c6cc(C#N)ccc65)c4)c32)c1. The zero-order chi connectivity index (χ0) is 28.2. The average molecular weight is 535 g/mol. The lowest BCUT2D eigenvalue weighted by molar-refractivity contribution is 1.17. The third kappa shape index (κ3) is 3.47. The third-order valence-electron chi connectivity index (χ3n) is 8.13. The molecule has 0 bridgehead atoms. The molecule has 2 heterocycles. The molecular weight excluding hydrogens is 512 g/mol. The molecule has 4 heteroatoms. The minimum Gasteiger partial charge on any atom is -0.310 e. The van der Waals surface area contributed by atoms with Gasteiger partial charge in [-0.3, -0.25) is 0 Å². The van der Waals surface area contributed by atoms with Gasteiger partial charge in [-0.1, -0.05) is 78.9 Å². The van der Waals surface area contributed by atoms with Gasteiger partial charge in [0.05, 0.1) is 40.3 Å². The van der Waals surface area contributed by atoms with Crippen LogP contribution >= 0.6 is 0 Å². The topological polar surface area (TPSA) is 38.0 Å². The van der Waals surface area contributed by atoms with E-state index in [4.69, 9.17) is 6.57 Å². The number of nitriles is 1. The maximum absolute atomic E-state index is 9.56. The van der Waals surface area contributed by atoms with Crippen LogP contribution in [-0.2, 0) is 0 Å². The van der Waals surface area contributed by atoms with Gasteiger partial charge in [0.1, 0.15) is 0 Å². The largest absolute Gasteiger partial charge is 0.310 e. The third-order valence-corrected chi connectivity index (χ3v) is 8.13. The maximum atomic E-state index is 9.56. The van der Waals surface area contributed by atoms with Crippen molar-refractivity contribution in [2.75, 3.05) is 0 Å². The molecule has 0 aliphatic rings. The minimum atomic E-state index is 0.615. The van der Waals surface area contributed by atoms with Crippen molar-refractivity contribution in [3.63, 3.8) is 0 Å². The van der Waals surface area contributed by atoms with E-state index in [0.29, 0.717) is 11.3 Å². The zero-order valence-corrected chi connectivity index (χ0v) is 22.5. The van der Waals surface area contributed by atoms with E-state index in [2.05, 4.69) is 111 Å². The Balaban J connectivity index is 1.42.